The third kappa shape index (κ3) is 5.39. The highest BCUT2D eigenvalue weighted by molar-refractivity contribution is 7.98. The molecule has 24 heavy (non-hydrogen) atoms. The minimum atomic E-state index is -0.171. The van der Waals surface area contributed by atoms with Gasteiger partial charge in [-0.1, -0.05) is 42.0 Å². The van der Waals surface area contributed by atoms with Crippen LogP contribution >= 0.6 is 11.8 Å². The summed E-state index contributed by atoms with van der Waals surface area (Å²) in [6.07, 6.45) is 2.07. The van der Waals surface area contributed by atoms with Crippen molar-refractivity contribution in [3.63, 3.8) is 0 Å². The number of carbonyl (C=O) groups is 1. The third-order valence-corrected chi connectivity index (χ3v) is 4.96. The Kier molecular flexibility index (Phi) is 6.88. The van der Waals surface area contributed by atoms with Crippen molar-refractivity contribution in [1.82, 2.24) is 10.2 Å². The van der Waals surface area contributed by atoms with Crippen molar-refractivity contribution in [2.75, 3.05) is 13.3 Å². The van der Waals surface area contributed by atoms with Crippen LogP contribution in [0.15, 0.2) is 53.4 Å². The lowest BCUT2D eigenvalue weighted by atomic mass is 10.1. The Balaban J connectivity index is 1.85. The molecule has 2 aromatic rings. The number of thioether (sulfide) groups is 1. The maximum Gasteiger partial charge on any atom is 0.237 e. The number of nitrogens with zero attached hydrogens (tertiary/aromatic N) is 1. The van der Waals surface area contributed by atoms with Crippen LogP contribution in [0.4, 0.5) is 0 Å². The van der Waals surface area contributed by atoms with Gasteiger partial charge in [0.15, 0.2) is 0 Å². The van der Waals surface area contributed by atoms with Gasteiger partial charge in [-0.2, -0.15) is 0 Å². The van der Waals surface area contributed by atoms with Gasteiger partial charge >= 0.3 is 0 Å². The topological polar surface area (TPSA) is 32.3 Å². The van der Waals surface area contributed by atoms with Crippen LogP contribution in [-0.4, -0.2) is 30.2 Å². The molecule has 0 aliphatic rings. The number of nitrogens with one attached hydrogen (secondary N) is 1. The van der Waals surface area contributed by atoms with Crippen LogP contribution in [0.2, 0.25) is 0 Å². The third-order valence-electron chi connectivity index (χ3n) is 4.22. The first-order valence-corrected chi connectivity index (χ1v) is 9.38. The molecule has 1 atom stereocenters. The highest BCUT2D eigenvalue weighted by Gasteiger charge is 2.17. The zero-order chi connectivity index (χ0) is 17.5. The summed E-state index contributed by atoms with van der Waals surface area (Å²) in [6, 6.07) is 16.6. The van der Waals surface area contributed by atoms with Gasteiger partial charge in [0, 0.05) is 18.0 Å². The van der Waals surface area contributed by atoms with Crippen molar-refractivity contribution < 1.29 is 4.79 Å². The number of likely N-dealkylation sites (N-methyl/N-ethyl adjacent to an activating group) is 1. The lowest BCUT2D eigenvalue weighted by Crippen LogP contribution is -2.42. The number of amides is 1. The second-order valence-electron chi connectivity index (χ2n) is 6.14. The van der Waals surface area contributed by atoms with E-state index in [-0.39, 0.29) is 11.9 Å². The summed E-state index contributed by atoms with van der Waals surface area (Å²) >= 11 is 1.74. The van der Waals surface area contributed by atoms with E-state index in [2.05, 4.69) is 71.9 Å². The number of hydrogen-bond donors (Lipinski definition) is 1. The Morgan fingerprint density at radius 2 is 1.67 bits per heavy atom. The van der Waals surface area contributed by atoms with Gasteiger partial charge in [-0.3, -0.25) is 9.69 Å². The maximum atomic E-state index is 12.4. The summed E-state index contributed by atoms with van der Waals surface area (Å²) < 4.78 is 0. The summed E-state index contributed by atoms with van der Waals surface area (Å²) in [4.78, 5) is 15.7. The Morgan fingerprint density at radius 1 is 1.08 bits per heavy atom. The van der Waals surface area contributed by atoms with Crippen LogP contribution in [0.5, 0.6) is 0 Å². The highest BCUT2D eigenvalue weighted by atomic mass is 32.2. The molecular formula is C20H26N2OS. The molecular weight excluding hydrogens is 316 g/mol. The van der Waals surface area contributed by atoms with Gasteiger partial charge in [0.05, 0.1) is 6.04 Å². The Hall–Kier alpha value is -1.78. The molecule has 2 aromatic carbocycles. The zero-order valence-electron chi connectivity index (χ0n) is 14.9. The van der Waals surface area contributed by atoms with Crippen LogP contribution in [0.3, 0.4) is 0 Å². The van der Waals surface area contributed by atoms with E-state index >= 15 is 0 Å². The van der Waals surface area contributed by atoms with Crippen molar-refractivity contribution in [3.8, 4) is 0 Å². The number of carbonyl (C=O) groups excluding carboxylic acids is 1. The fourth-order valence-corrected chi connectivity index (χ4v) is 2.81. The molecule has 0 bridgehead atoms. The minimum Gasteiger partial charge on any atom is -0.351 e. The molecule has 0 saturated heterocycles. The molecule has 1 N–H and O–H groups in total. The number of benzene rings is 2. The van der Waals surface area contributed by atoms with E-state index in [9.17, 15) is 4.79 Å². The summed E-state index contributed by atoms with van der Waals surface area (Å²) in [5, 5.41) is 3.02. The van der Waals surface area contributed by atoms with Gasteiger partial charge in [0.1, 0.15) is 0 Å². The molecule has 2 rings (SSSR count). The van der Waals surface area contributed by atoms with E-state index in [1.807, 2.05) is 14.0 Å². The largest absolute Gasteiger partial charge is 0.351 e. The average molecular weight is 343 g/mol. The summed E-state index contributed by atoms with van der Waals surface area (Å²) in [5.41, 5.74) is 3.57. The number of rotatable bonds is 7. The van der Waals surface area contributed by atoms with Crippen molar-refractivity contribution in [3.05, 3.63) is 65.2 Å². The maximum absolute atomic E-state index is 12.4. The van der Waals surface area contributed by atoms with Gasteiger partial charge < -0.3 is 5.32 Å². The van der Waals surface area contributed by atoms with Gasteiger partial charge in [0.25, 0.3) is 0 Å². The normalized spacial score (nSPS) is 12.2. The quantitative estimate of drug-likeness (QED) is 0.776. The molecule has 4 heteroatoms. The molecule has 1 amide bonds. The van der Waals surface area contributed by atoms with Gasteiger partial charge in [-0.25, -0.2) is 0 Å². The molecule has 3 nitrogen and oxygen atoms in total. The fraction of sp³-hybridized carbons (Fsp3) is 0.350. The van der Waals surface area contributed by atoms with E-state index in [1.165, 1.54) is 16.0 Å². The number of aryl methyl sites for hydroxylation is 1. The van der Waals surface area contributed by atoms with Crippen LogP contribution in [-0.2, 0) is 17.9 Å². The summed E-state index contributed by atoms with van der Waals surface area (Å²) in [6.45, 7) is 5.33. The second kappa shape index (κ2) is 8.90. The Bertz CT molecular complexity index is 652. The molecule has 0 fully saturated rings. The first-order valence-electron chi connectivity index (χ1n) is 8.16. The standard InChI is InChI=1S/C20H26N2OS/c1-15-5-7-17(8-6-15)13-21-20(23)16(2)22(3)14-18-9-11-19(24-4)12-10-18/h5-12,16H,13-14H2,1-4H3,(H,21,23)/t16-/m1/s1. The molecule has 0 radical (unpaired) electrons. The summed E-state index contributed by atoms with van der Waals surface area (Å²) in [7, 11) is 1.98. The van der Waals surface area contributed by atoms with E-state index < -0.39 is 0 Å². The van der Waals surface area contributed by atoms with Crippen molar-refractivity contribution in [2.45, 2.75) is 37.9 Å². The number of hydrogen-bond acceptors (Lipinski definition) is 3. The van der Waals surface area contributed by atoms with Gasteiger partial charge in [-0.15, -0.1) is 11.8 Å². The monoisotopic (exact) mass is 342 g/mol. The van der Waals surface area contributed by atoms with Crippen molar-refractivity contribution in [2.24, 2.45) is 0 Å². The van der Waals surface area contributed by atoms with E-state index in [4.69, 9.17) is 0 Å². The molecule has 0 unspecified atom stereocenters. The van der Waals surface area contributed by atoms with Crippen LogP contribution in [0.1, 0.15) is 23.6 Å². The molecule has 0 aliphatic heterocycles. The molecule has 0 aromatic heterocycles. The first-order chi connectivity index (χ1) is 11.5. The van der Waals surface area contributed by atoms with E-state index in [0.29, 0.717) is 6.54 Å². The lowest BCUT2D eigenvalue weighted by Gasteiger charge is -2.24. The Labute approximate surface area is 149 Å². The SMILES string of the molecule is CSc1ccc(CN(C)[C@H](C)C(=O)NCc2ccc(C)cc2)cc1. The predicted molar refractivity (Wildman–Crippen MR) is 102 cm³/mol. The van der Waals surface area contributed by atoms with Crippen LogP contribution in [0.25, 0.3) is 0 Å². The molecule has 0 saturated carbocycles. The van der Waals surface area contributed by atoms with Gasteiger partial charge in [0.2, 0.25) is 5.91 Å². The highest BCUT2D eigenvalue weighted by Crippen LogP contribution is 2.16. The van der Waals surface area contributed by atoms with E-state index in [0.717, 1.165) is 12.1 Å². The second-order valence-corrected chi connectivity index (χ2v) is 7.02. The van der Waals surface area contributed by atoms with Gasteiger partial charge in [-0.05, 0) is 50.4 Å². The molecule has 0 heterocycles. The van der Waals surface area contributed by atoms with Crippen LogP contribution in [0, 0.1) is 6.92 Å². The minimum absolute atomic E-state index is 0.0545. The average Bonchev–Trinajstić information content (AvgIpc) is 2.61. The van der Waals surface area contributed by atoms with Crippen LogP contribution < -0.4 is 5.32 Å². The predicted octanol–water partition coefficient (Wildman–Crippen LogP) is 3.85. The van der Waals surface area contributed by atoms with Crippen molar-refractivity contribution >= 4 is 17.7 Å². The molecule has 0 spiro atoms. The van der Waals surface area contributed by atoms with E-state index in [1.54, 1.807) is 11.8 Å². The smallest absolute Gasteiger partial charge is 0.237 e. The zero-order valence-corrected chi connectivity index (χ0v) is 15.7. The van der Waals surface area contributed by atoms with Crippen molar-refractivity contribution in [1.29, 1.82) is 0 Å². The molecule has 0 aliphatic carbocycles. The Morgan fingerprint density at radius 3 is 2.25 bits per heavy atom. The summed E-state index contributed by atoms with van der Waals surface area (Å²) in [5.74, 6) is 0.0545. The molecule has 128 valence electrons. The first kappa shape index (κ1) is 18.6. The lowest BCUT2D eigenvalue weighted by molar-refractivity contribution is -0.125. The fourth-order valence-electron chi connectivity index (χ4n) is 2.40.